The van der Waals surface area contributed by atoms with E-state index in [1.54, 1.807) is 0 Å². The van der Waals surface area contributed by atoms with Gasteiger partial charge >= 0.3 is 0 Å². The van der Waals surface area contributed by atoms with E-state index in [0.717, 1.165) is 24.6 Å². The van der Waals surface area contributed by atoms with Crippen LogP contribution in [0.15, 0.2) is 36.7 Å². The second-order valence-corrected chi connectivity index (χ2v) is 4.10. The average Bonchev–Trinajstić information content (AvgIpc) is 2.77. The molecule has 1 aliphatic rings. The second-order valence-electron chi connectivity index (χ2n) is 4.10. The SMILES string of the molecule is Nc1ccc(C2CCn3ccnc3N2)cc1. The third kappa shape index (κ3) is 1.52. The minimum Gasteiger partial charge on any atom is -0.399 e. The van der Waals surface area contributed by atoms with Gasteiger partial charge in [0.15, 0.2) is 0 Å². The summed E-state index contributed by atoms with van der Waals surface area (Å²) in [7, 11) is 0. The van der Waals surface area contributed by atoms with Crippen LogP contribution in [0.5, 0.6) is 0 Å². The van der Waals surface area contributed by atoms with Gasteiger partial charge < -0.3 is 15.6 Å². The zero-order valence-electron chi connectivity index (χ0n) is 8.93. The Hall–Kier alpha value is -1.97. The summed E-state index contributed by atoms with van der Waals surface area (Å²) >= 11 is 0. The number of nitrogen functional groups attached to an aromatic ring is 1. The fourth-order valence-electron chi connectivity index (χ4n) is 2.10. The maximum absolute atomic E-state index is 5.68. The van der Waals surface area contributed by atoms with Gasteiger partial charge in [-0.05, 0) is 24.1 Å². The Morgan fingerprint density at radius 1 is 1.31 bits per heavy atom. The van der Waals surface area contributed by atoms with Crippen molar-refractivity contribution in [2.45, 2.75) is 19.0 Å². The summed E-state index contributed by atoms with van der Waals surface area (Å²) in [6.45, 7) is 1.01. The molecule has 2 aromatic rings. The Bertz CT molecular complexity index is 486. The normalized spacial score (nSPS) is 18.9. The third-order valence-corrected chi connectivity index (χ3v) is 3.02. The molecule has 1 aromatic heterocycles. The summed E-state index contributed by atoms with van der Waals surface area (Å²) in [6, 6.07) is 8.38. The van der Waals surface area contributed by atoms with Gasteiger partial charge in [-0.25, -0.2) is 4.98 Å². The first-order valence-corrected chi connectivity index (χ1v) is 5.46. The van der Waals surface area contributed by atoms with E-state index in [0.29, 0.717) is 6.04 Å². The van der Waals surface area contributed by atoms with Gasteiger partial charge in [0.05, 0.1) is 6.04 Å². The van der Waals surface area contributed by atoms with Crippen molar-refractivity contribution in [3.8, 4) is 0 Å². The number of hydrogen-bond acceptors (Lipinski definition) is 3. The second kappa shape index (κ2) is 3.56. The Morgan fingerprint density at radius 2 is 2.12 bits per heavy atom. The molecule has 0 saturated carbocycles. The van der Waals surface area contributed by atoms with Crippen molar-refractivity contribution in [2.24, 2.45) is 0 Å². The van der Waals surface area contributed by atoms with E-state index in [-0.39, 0.29) is 0 Å². The number of anilines is 2. The number of aryl methyl sites for hydroxylation is 1. The summed E-state index contributed by atoms with van der Waals surface area (Å²) in [6.07, 6.45) is 4.91. The monoisotopic (exact) mass is 214 g/mol. The van der Waals surface area contributed by atoms with Crippen molar-refractivity contribution in [1.29, 1.82) is 0 Å². The van der Waals surface area contributed by atoms with Gasteiger partial charge in [0.1, 0.15) is 0 Å². The summed E-state index contributed by atoms with van der Waals surface area (Å²) in [5.74, 6) is 0.952. The van der Waals surface area contributed by atoms with Crippen LogP contribution in [-0.4, -0.2) is 9.55 Å². The molecule has 82 valence electrons. The highest BCUT2D eigenvalue weighted by molar-refractivity contribution is 5.42. The van der Waals surface area contributed by atoms with Gasteiger partial charge in [-0.3, -0.25) is 0 Å². The molecule has 4 heteroatoms. The highest BCUT2D eigenvalue weighted by atomic mass is 15.2. The molecule has 0 fully saturated rings. The molecule has 1 aliphatic heterocycles. The average molecular weight is 214 g/mol. The number of nitrogens with zero attached hydrogens (tertiary/aromatic N) is 2. The summed E-state index contributed by atoms with van der Waals surface area (Å²) < 4.78 is 2.13. The third-order valence-electron chi connectivity index (χ3n) is 3.02. The van der Waals surface area contributed by atoms with E-state index in [4.69, 9.17) is 5.73 Å². The van der Waals surface area contributed by atoms with Gasteiger partial charge in [-0.1, -0.05) is 12.1 Å². The highest BCUT2D eigenvalue weighted by Crippen LogP contribution is 2.27. The maximum atomic E-state index is 5.68. The molecule has 0 radical (unpaired) electrons. The summed E-state index contributed by atoms with van der Waals surface area (Å²) in [4.78, 5) is 4.28. The summed E-state index contributed by atoms with van der Waals surface area (Å²) in [5.41, 5.74) is 7.75. The van der Waals surface area contributed by atoms with E-state index in [1.165, 1.54) is 5.56 Å². The largest absolute Gasteiger partial charge is 0.399 e. The minimum atomic E-state index is 0.343. The zero-order valence-corrected chi connectivity index (χ0v) is 8.93. The lowest BCUT2D eigenvalue weighted by molar-refractivity contribution is 0.542. The molecule has 4 nitrogen and oxygen atoms in total. The number of aromatic nitrogens is 2. The van der Waals surface area contributed by atoms with Gasteiger partial charge in [-0.15, -0.1) is 0 Å². The van der Waals surface area contributed by atoms with Crippen molar-refractivity contribution in [2.75, 3.05) is 11.1 Å². The molecule has 1 aromatic carbocycles. The first-order chi connectivity index (χ1) is 7.83. The van der Waals surface area contributed by atoms with Crippen LogP contribution >= 0.6 is 0 Å². The fraction of sp³-hybridized carbons (Fsp3) is 0.250. The molecule has 16 heavy (non-hydrogen) atoms. The van der Waals surface area contributed by atoms with Crippen molar-refractivity contribution in [1.82, 2.24) is 9.55 Å². The van der Waals surface area contributed by atoms with Gasteiger partial charge in [-0.2, -0.15) is 0 Å². The van der Waals surface area contributed by atoms with Crippen molar-refractivity contribution >= 4 is 11.6 Å². The lowest BCUT2D eigenvalue weighted by atomic mass is 10.0. The quantitative estimate of drug-likeness (QED) is 0.714. The molecule has 0 saturated heterocycles. The Balaban J connectivity index is 1.86. The summed E-state index contributed by atoms with van der Waals surface area (Å²) in [5, 5.41) is 3.42. The maximum Gasteiger partial charge on any atom is 0.203 e. The zero-order chi connectivity index (χ0) is 11.0. The van der Waals surface area contributed by atoms with Crippen molar-refractivity contribution in [3.63, 3.8) is 0 Å². The van der Waals surface area contributed by atoms with Crippen LogP contribution in [0, 0.1) is 0 Å². The predicted octanol–water partition coefficient (Wildman–Crippen LogP) is 2.02. The van der Waals surface area contributed by atoms with Gasteiger partial charge in [0.2, 0.25) is 5.95 Å². The van der Waals surface area contributed by atoms with E-state index in [2.05, 4.69) is 27.0 Å². The van der Waals surface area contributed by atoms with Crippen LogP contribution in [0.1, 0.15) is 18.0 Å². The molecular weight excluding hydrogens is 200 g/mol. The van der Waals surface area contributed by atoms with Crippen LogP contribution < -0.4 is 11.1 Å². The molecule has 2 heterocycles. The van der Waals surface area contributed by atoms with E-state index >= 15 is 0 Å². The first kappa shape index (κ1) is 9.27. The van der Waals surface area contributed by atoms with Crippen LogP contribution in [0.4, 0.5) is 11.6 Å². The number of hydrogen-bond donors (Lipinski definition) is 2. The molecule has 1 atom stereocenters. The Morgan fingerprint density at radius 3 is 2.94 bits per heavy atom. The number of nitrogens with two attached hydrogens (primary N) is 1. The van der Waals surface area contributed by atoms with E-state index in [1.807, 2.05) is 24.5 Å². The highest BCUT2D eigenvalue weighted by Gasteiger charge is 2.18. The van der Waals surface area contributed by atoms with Crippen LogP contribution in [0.3, 0.4) is 0 Å². The lowest BCUT2D eigenvalue weighted by Crippen LogP contribution is -2.21. The van der Waals surface area contributed by atoms with Gasteiger partial charge in [0, 0.05) is 24.6 Å². The van der Waals surface area contributed by atoms with E-state index < -0.39 is 0 Å². The molecule has 0 bridgehead atoms. The van der Waals surface area contributed by atoms with Crippen LogP contribution in [0.2, 0.25) is 0 Å². The molecule has 3 N–H and O–H groups in total. The number of benzene rings is 1. The number of imidazole rings is 1. The molecule has 1 unspecified atom stereocenters. The molecule has 0 aliphatic carbocycles. The molecule has 3 rings (SSSR count). The number of nitrogens with one attached hydrogen (secondary N) is 1. The van der Waals surface area contributed by atoms with Gasteiger partial charge in [0.25, 0.3) is 0 Å². The first-order valence-electron chi connectivity index (χ1n) is 5.46. The van der Waals surface area contributed by atoms with E-state index in [9.17, 15) is 0 Å². The number of fused-ring (bicyclic) bond motifs is 1. The fourth-order valence-corrected chi connectivity index (χ4v) is 2.10. The standard InChI is InChI=1S/C12H14N4/c13-10-3-1-9(2-4-10)11-5-7-16-8-6-14-12(16)15-11/h1-4,6,8,11H,5,7,13H2,(H,14,15). The number of rotatable bonds is 1. The Labute approximate surface area is 94.1 Å². The van der Waals surface area contributed by atoms with Crippen molar-refractivity contribution < 1.29 is 0 Å². The predicted molar refractivity (Wildman–Crippen MR) is 64.1 cm³/mol. The molecule has 0 spiro atoms. The van der Waals surface area contributed by atoms with Crippen LogP contribution in [0.25, 0.3) is 0 Å². The smallest absolute Gasteiger partial charge is 0.203 e. The Kier molecular flexibility index (Phi) is 2.06. The van der Waals surface area contributed by atoms with Crippen molar-refractivity contribution in [3.05, 3.63) is 42.2 Å². The molecule has 0 amide bonds. The minimum absolute atomic E-state index is 0.343. The topological polar surface area (TPSA) is 55.9 Å². The molecular formula is C12H14N4. The van der Waals surface area contributed by atoms with Crippen LogP contribution in [-0.2, 0) is 6.54 Å². The lowest BCUT2D eigenvalue weighted by Gasteiger charge is -2.25.